The lowest BCUT2D eigenvalue weighted by Crippen LogP contribution is -2.38. The monoisotopic (exact) mass is 221 g/mol. The molecule has 0 aromatic heterocycles. The van der Waals surface area contributed by atoms with Gasteiger partial charge in [0.2, 0.25) is 0 Å². The number of methoxy groups -OCH3 is 1. The molecule has 0 amide bonds. The van der Waals surface area contributed by atoms with E-state index >= 15 is 0 Å². The number of hydrogen-bond acceptors (Lipinski definition) is 3. The Hall–Kier alpha value is -1.06. The summed E-state index contributed by atoms with van der Waals surface area (Å²) < 4.78 is 5.16. The van der Waals surface area contributed by atoms with Crippen LogP contribution in [0.5, 0.6) is 5.75 Å². The summed E-state index contributed by atoms with van der Waals surface area (Å²) in [6.45, 7) is 1.01. The smallest absolute Gasteiger partial charge is 0.119 e. The van der Waals surface area contributed by atoms with Crippen molar-refractivity contribution in [3.63, 3.8) is 0 Å². The zero-order chi connectivity index (χ0) is 11.4. The molecule has 0 spiro atoms. The van der Waals surface area contributed by atoms with E-state index in [1.54, 1.807) is 7.11 Å². The second-order valence-electron chi connectivity index (χ2n) is 4.28. The van der Waals surface area contributed by atoms with E-state index in [1.807, 2.05) is 24.3 Å². The van der Waals surface area contributed by atoms with Gasteiger partial charge in [-0.15, -0.1) is 0 Å². The first-order chi connectivity index (χ1) is 7.81. The zero-order valence-electron chi connectivity index (χ0n) is 9.65. The van der Waals surface area contributed by atoms with Crippen molar-refractivity contribution in [2.75, 3.05) is 13.7 Å². The number of benzene rings is 1. The van der Waals surface area contributed by atoms with E-state index < -0.39 is 6.10 Å². The largest absolute Gasteiger partial charge is 0.497 e. The standard InChI is InChI=1S/C13H19NO2/c1-16-11-6-4-5-10(9-11)13(15)12-7-2-3-8-14-12/h4-6,9,12-15H,2-3,7-8H2,1H3. The minimum Gasteiger partial charge on any atom is -0.497 e. The van der Waals surface area contributed by atoms with E-state index in [4.69, 9.17) is 4.74 Å². The molecule has 16 heavy (non-hydrogen) atoms. The van der Waals surface area contributed by atoms with Gasteiger partial charge in [0.15, 0.2) is 0 Å². The number of ether oxygens (including phenoxy) is 1. The summed E-state index contributed by atoms with van der Waals surface area (Å²) in [4.78, 5) is 0. The van der Waals surface area contributed by atoms with Crippen molar-refractivity contribution in [1.82, 2.24) is 5.32 Å². The Balaban J connectivity index is 2.09. The van der Waals surface area contributed by atoms with E-state index in [2.05, 4.69) is 5.32 Å². The Morgan fingerprint density at radius 1 is 1.44 bits per heavy atom. The van der Waals surface area contributed by atoms with E-state index in [9.17, 15) is 5.11 Å². The molecule has 1 aromatic rings. The van der Waals surface area contributed by atoms with Gasteiger partial charge in [-0.25, -0.2) is 0 Å². The highest BCUT2D eigenvalue weighted by Gasteiger charge is 2.22. The molecule has 1 aliphatic heterocycles. The summed E-state index contributed by atoms with van der Waals surface area (Å²) in [7, 11) is 1.64. The highest BCUT2D eigenvalue weighted by molar-refractivity contribution is 5.30. The molecular weight excluding hydrogens is 202 g/mol. The third-order valence-corrected chi connectivity index (χ3v) is 3.16. The minimum atomic E-state index is -0.435. The Morgan fingerprint density at radius 3 is 3.00 bits per heavy atom. The first-order valence-corrected chi connectivity index (χ1v) is 5.86. The first-order valence-electron chi connectivity index (χ1n) is 5.86. The van der Waals surface area contributed by atoms with Crippen LogP contribution in [0.25, 0.3) is 0 Å². The highest BCUT2D eigenvalue weighted by Crippen LogP contribution is 2.25. The van der Waals surface area contributed by atoms with Crippen LogP contribution in [0, 0.1) is 0 Å². The maximum atomic E-state index is 10.2. The number of hydrogen-bond donors (Lipinski definition) is 2. The normalized spacial score (nSPS) is 22.8. The molecule has 1 saturated heterocycles. The fraction of sp³-hybridized carbons (Fsp3) is 0.538. The van der Waals surface area contributed by atoms with E-state index in [-0.39, 0.29) is 6.04 Å². The van der Waals surface area contributed by atoms with Crippen molar-refractivity contribution in [1.29, 1.82) is 0 Å². The summed E-state index contributed by atoms with van der Waals surface area (Å²) in [6, 6.07) is 7.84. The van der Waals surface area contributed by atoms with E-state index in [0.717, 1.165) is 24.3 Å². The van der Waals surface area contributed by atoms with Crippen LogP contribution in [-0.4, -0.2) is 24.8 Å². The topological polar surface area (TPSA) is 41.5 Å². The lowest BCUT2D eigenvalue weighted by atomic mass is 9.95. The molecule has 0 radical (unpaired) electrons. The van der Waals surface area contributed by atoms with Crippen LogP contribution in [0.3, 0.4) is 0 Å². The SMILES string of the molecule is COc1cccc(C(O)C2CCCCN2)c1. The fourth-order valence-electron chi connectivity index (χ4n) is 2.21. The third kappa shape index (κ3) is 2.54. The first kappa shape index (κ1) is 11.4. The van der Waals surface area contributed by atoms with Crippen LogP contribution >= 0.6 is 0 Å². The summed E-state index contributed by atoms with van der Waals surface area (Å²) in [6.07, 6.45) is 3.01. The Kier molecular flexibility index (Phi) is 3.80. The molecule has 3 nitrogen and oxygen atoms in total. The van der Waals surface area contributed by atoms with Crippen molar-refractivity contribution in [2.24, 2.45) is 0 Å². The second-order valence-corrected chi connectivity index (χ2v) is 4.28. The Labute approximate surface area is 96.4 Å². The molecule has 1 heterocycles. The van der Waals surface area contributed by atoms with Crippen LogP contribution in [0.2, 0.25) is 0 Å². The quantitative estimate of drug-likeness (QED) is 0.818. The number of rotatable bonds is 3. The van der Waals surface area contributed by atoms with Crippen molar-refractivity contribution >= 4 is 0 Å². The molecule has 0 aliphatic carbocycles. The maximum Gasteiger partial charge on any atom is 0.119 e. The number of aliphatic hydroxyl groups is 1. The summed E-state index contributed by atoms with van der Waals surface area (Å²) in [5.74, 6) is 0.798. The lowest BCUT2D eigenvalue weighted by molar-refractivity contribution is 0.113. The highest BCUT2D eigenvalue weighted by atomic mass is 16.5. The van der Waals surface area contributed by atoms with E-state index in [0.29, 0.717) is 0 Å². The van der Waals surface area contributed by atoms with Crippen molar-refractivity contribution in [3.8, 4) is 5.75 Å². The maximum absolute atomic E-state index is 10.2. The van der Waals surface area contributed by atoms with Crippen LogP contribution in [0.15, 0.2) is 24.3 Å². The molecule has 3 heteroatoms. The third-order valence-electron chi connectivity index (χ3n) is 3.16. The van der Waals surface area contributed by atoms with Crippen molar-refractivity contribution in [3.05, 3.63) is 29.8 Å². The molecule has 88 valence electrons. The Bertz CT molecular complexity index is 334. The molecule has 1 aromatic carbocycles. The minimum absolute atomic E-state index is 0.181. The molecule has 0 saturated carbocycles. The van der Waals surface area contributed by atoms with Gasteiger partial charge in [-0.1, -0.05) is 18.6 Å². The molecule has 0 bridgehead atoms. The predicted molar refractivity (Wildman–Crippen MR) is 63.6 cm³/mol. The average molecular weight is 221 g/mol. The van der Waals surface area contributed by atoms with Gasteiger partial charge in [-0.2, -0.15) is 0 Å². The van der Waals surface area contributed by atoms with Crippen LogP contribution in [0.1, 0.15) is 30.9 Å². The molecule has 1 fully saturated rings. The molecule has 1 aliphatic rings. The number of nitrogens with one attached hydrogen (secondary N) is 1. The predicted octanol–water partition coefficient (Wildman–Crippen LogP) is 1.87. The van der Waals surface area contributed by atoms with Gasteiger partial charge < -0.3 is 15.2 Å². The van der Waals surface area contributed by atoms with E-state index in [1.165, 1.54) is 12.8 Å². The van der Waals surface area contributed by atoms with Gasteiger partial charge in [0.25, 0.3) is 0 Å². The number of aliphatic hydroxyl groups excluding tert-OH is 1. The second kappa shape index (κ2) is 5.32. The van der Waals surface area contributed by atoms with Gasteiger partial charge in [0.05, 0.1) is 13.2 Å². The van der Waals surface area contributed by atoms with Crippen LogP contribution < -0.4 is 10.1 Å². The molecular formula is C13H19NO2. The molecule has 2 atom stereocenters. The molecule has 2 rings (SSSR count). The van der Waals surface area contributed by atoms with Gasteiger partial charge in [0, 0.05) is 6.04 Å². The zero-order valence-corrected chi connectivity index (χ0v) is 9.65. The molecule has 2 N–H and O–H groups in total. The van der Waals surface area contributed by atoms with Gasteiger partial charge in [0.1, 0.15) is 5.75 Å². The van der Waals surface area contributed by atoms with Crippen molar-refractivity contribution in [2.45, 2.75) is 31.4 Å². The Morgan fingerprint density at radius 2 is 2.31 bits per heavy atom. The van der Waals surface area contributed by atoms with Gasteiger partial charge >= 0.3 is 0 Å². The average Bonchev–Trinajstić information content (AvgIpc) is 2.39. The van der Waals surface area contributed by atoms with Crippen LogP contribution in [0.4, 0.5) is 0 Å². The van der Waals surface area contributed by atoms with Crippen LogP contribution in [-0.2, 0) is 0 Å². The number of piperidine rings is 1. The van der Waals surface area contributed by atoms with Crippen molar-refractivity contribution < 1.29 is 9.84 Å². The van der Waals surface area contributed by atoms with Gasteiger partial charge in [-0.05, 0) is 37.1 Å². The summed E-state index contributed by atoms with van der Waals surface area (Å²) >= 11 is 0. The summed E-state index contributed by atoms with van der Waals surface area (Å²) in [5, 5.41) is 13.6. The van der Waals surface area contributed by atoms with Gasteiger partial charge in [-0.3, -0.25) is 0 Å². The summed E-state index contributed by atoms with van der Waals surface area (Å²) in [5.41, 5.74) is 0.929. The fourth-order valence-corrected chi connectivity index (χ4v) is 2.21. The molecule has 2 unspecified atom stereocenters. The lowest BCUT2D eigenvalue weighted by Gasteiger charge is -2.28.